The Morgan fingerprint density at radius 2 is 2.10 bits per heavy atom. The van der Waals surface area contributed by atoms with E-state index >= 15 is 0 Å². The highest BCUT2D eigenvalue weighted by Gasteiger charge is 2.12. The van der Waals surface area contributed by atoms with Crippen LogP contribution in [0.4, 0.5) is 0 Å². The lowest BCUT2D eigenvalue weighted by atomic mass is 10.3. The zero-order valence-corrected chi connectivity index (χ0v) is 13.0. The van der Waals surface area contributed by atoms with Gasteiger partial charge in [0.25, 0.3) is 0 Å². The molecule has 0 saturated carbocycles. The molecule has 0 atom stereocenters. The lowest BCUT2D eigenvalue weighted by Crippen LogP contribution is -2.08. The van der Waals surface area contributed by atoms with Gasteiger partial charge in [-0.1, -0.05) is 17.7 Å². The van der Waals surface area contributed by atoms with Crippen molar-refractivity contribution in [1.29, 1.82) is 0 Å². The van der Waals surface area contributed by atoms with Crippen molar-refractivity contribution in [2.24, 2.45) is 0 Å². The molecule has 110 valence electrons. The van der Waals surface area contributed by atoms with Gasteiger partial charge in [-0.3, -0.25) is 0 Å². The molecule has 0 bridgehead atoms. The molecule has 0 aliphatic heterocycles. The van der Waals surface area contributed by atoms with Crippen LogP contribution in [0.2, 0.25) is 5.02 Å². The van der Waals surface area contributed by atoms with Crippen molar-refractivity contribution in [2.45, 2.75) is 18.8 Å². The molecule has 0 amide bonds. The minimum absolute atomic E-state index is 0.371. The molecule has 0 saturated heterocycles. The van der Waals surface area contributed by atoms with E-state index in [2.05, 4.69) is 9.55 Å². The molecule has 0 spiro atoms. The van der Waals surface area contributed by atoms with Crippen LogP contribution < -0.4 is 0 Å². The Bertz CT molecular complexity index is 557. The molecule has 0 radical (unpaired) electrons. The molecule has 0 aliphatic rings. The first kappa shape index (κ1) is 15.6. The summed E-state index contributed by atoms with van der Waals surface area (Å²) in [6.45, 7) is 2.70. The number of benzene rings is 1. The van der Waals surface area contributed by atoms with E-state index in [1.165, 1.54) is 0 Å². The number of fused-ring (bicyclic) bond motifs is 1. The van der Waals surface area contributed by atoms with Crippen molar-refractivity contribution in [3.05, 3.63) is 29.0 Å². The first-order valence-electron chi connectivity index (χ1n) is 6.54. The van der Waals surface area contributed by atoms with Crippen LogP contribution in [0.5, 0.6) is 0 Å². The van der Waals surface area contributed by atoms with Crippen molar-refractivity contribution in [3.8, 4) is 0 Å². The van der Waals surface area contributed by atoms with Gasteiger partial charge >= 0.3 is 0 Å². The highest BCUT2D eigenvalue weighted by Crippen LogP contribution is 2.25. The van der Waals surface area contributed by atoms with Gasteiger partial charge in [-0.2, -0.15) is 0 Å². The van der Waals surface area contributed by atoms with E-state index in [9.17, 15) is 0 Å². The van der Waals surface area contributed by atoms with Gasteiger partial charge in [-0.05, 0) is 18.6 Å². The molecule has 0 unspecified atom stereocenters. The summed E-state index contributed by atoms with van der Waals surface area (Å²) in [6, 6.07) is 5.71. The summed E-state index contributed by atoms with van der Waals surface area (Å²) in [4.78, 5) is 4.51. The summed E-state index contributed by atoms with van der Waals surface area (Å²) < 4.78 is 12.5. The van der Waals surface area contributed by atoms with E-state index in [-0.39, 0.29) is 0 Å². The molecule has 2 rings (SSSR count). The summed E-state index contributed by atoms with van der Waals surface area (Å²) in [7, 11) is 1.66. The SMILES string of the molecule is COCCOCCCn1c(CCl)nc2cccc(Cl)c21. The van der Waals surface area contributed by atoms with Crippen molar-refractivity contribution < 1.29 is 9.47 Å². The van der Waals surface area contributed by atoms with Gasteiger partial charge in [0.05, 0.1) is 35.1 Å². The van der Waals surface area contributed by atoms with Crippen LogP contribution in [-0.4, -0.2) is 36.5 Å². The molecule has 0 N–H and O–H groups in total. The van der Waals surface area contributed by atoms with Crippen molar-refractivity contribution in [3.63, 3.8) is 0 Å². The number of alkyl halides is 1. The predicted octanol–water partition coefficient (Wildman–Crippen LogP) is 3.48. The second-order valence-corrected chi connectivity index (χ2v) is 5.05. The van der Waals surface area contributed by atoms with Crippen LogP contribution in [0.15, 0.2) is 18.2 Å². The zero-order chi connectivity index (χ0) is 14.4. The third-order valence-electron chi connectivity index (χ3n) is 3.02. The Morgan fingerprint density at radius 1 is 1.25 bits per heavy atom. The largest absolute Gasteiger partial charge is 0.382 e. The summed E-state index contributed by atoms with van der Waals surface area (Å²) >= 11 is 12.2. The van der Waals surface area contributed by atoms with Crippen LogP contribution in [0.1, 0.15) is 12.2 Å². The second kappa shape index (κ2) is 7.84. The van der Waals surface area contributed by atoms with E-state index in [0.29, 0.717) is 30.7 Å². The van der Waals surface area contributed by atoms with Crippen LogP contribution >= 0.6 is 23.2 Å². The van der Waals surface area contributed by atoms with Gasteiger partial charge in [0.2, 0.25) is 0 Å². The second-order valence-electron chi connectivity index (χ2n) is 4.38. The van der Waals surface area contributed by atoms with Gasteiger partial charge in [-0.25, -0.2) is 4.98 Å². The number of ether oxygens (including phenoxy) is 2. The molecule has 1 aromatic heterocycles. The molecule has 2 aromatic rings. The summed E-state index contributed by atoms with van der Waals surface area (Å²) in [5.74, 6) is 1.21. The number of rotatable bonds is 8. The summed E-state index contributed by atoms with van der Waals surface area (Å²) in [5, 5.41) is 0.701. The molecule has 4 nitrogen and oxygen atoms in total. The first-order chi connectivity index (χ1) is 9.77. The highest BCUT2D eigenvalue weighted by atomic mass is 35.5. The Labute approximate surface area is 128 Å². The van der Waals surface area contributed by atoms with Gasteiger partial charge < -0.3 is 14.0 Å². The Hall–Kier alpha value is -0.810. The van der Waals surface area contributed by atoms with Gasteiger partial charge in [-0.15, -0.1) is 11.6 Å². The number of imidazole rings is 1. The Balaban J connectivity index is 2.04. The third-order valence-corrected chi connectivity index (χ3v) is 3.56. The van der Waals surface area contributed by atoms with E-state index < -0.39 is 0 Å². The van der Waals surface area contributed by atoms with E-state index in [1.807, 2.05) is 18.2 Å². The van der Waals surface area contributed by atoms with E-state index in [1.54, 1.807) is 7.11 Å². The summed E-state index contributed by atoms with van der Waals surface area (Å²) in [6.07, 6.45) is 0.879. The minimum Gasteiger partial charge on any atom is -0.382 e. The van der Waals surface area contributed by atoms with Crippen molar-refractivity contribution in [1.82, 2.24) is 9.55 Å². The standard InChI is InChI=1S/C14H18Cl2N2O2/c1-19-8-9-20-7-3-6-18-13(10-15)17-12-5-2-4-11(16)14(12)18/h2,4-5H,3,6-10H2,1H3. The number of methoxy groups -OCH3 is 1. The van der Waals surface area contributed by atoms with Crippen LogP contribution in [0.25, 0.3) is 11.0 Å². The fourth-order valence-corrected chi connectivity index (χ4v) is 2.58. The van der Waals surface area contributed by atoms with Crippen LogP contribution in [-0.2, 0) is 21.9 Å². The monoisotopic (exact) mass is 316 g/mol. The smallest absolute Gasteiger partial charge is 0.124 e. The molecule has 1 heterocycles. The normalized spacial score (nSPS) is 11.3. The number of aromatic nitrogens is 2. The first-order valence-corrected chi connectivity index (χ1v) is 7.45. The average Bonchev–Trinajstić information content (AvgIpc) is 2.82. The van der Waals surface area contributed by atoms with Crippen LogP contribution in [0, 0.1) is 0 Å². The van der Waals surface area contributed by atoms with Gasteiger partial charge in [0.1, 0.15) is 5.82 Å². The maximum Gasteiger partial charge on any atom is 0.124 e. The quantitative estimate of drug-likeness (QED) is 0.552. The van der Waals surface area contributed by atoms with Crippen LogP contribution in [0.3, 0.4) is 0 Å². The zero-order valence-electron chi connectivity index (χ0n) is 11.4. The van der Waals surface area contributed by atoms with Gasteiger partial charge in [0, 0.05) is 20.3 Å². The number of hydrogen-bond acceptors (Lipinski definition) is 3. The molecule has 0 aliphatic carbocycles. The number of para-hydroxylation sites is 1. The highest BCUT2D eigenvalue weighted by molar-refractivity contribution is 6.35. The fourth-order valence-electron chi connectivity index (χ4n) is 2.10. The lowest BCUT2D eigenvalue weighted by Gasteiger charge is -2.09. The molecule has 20 heavy (non-hydrogen) atoms. The number of aryl methyl sites for hydroxylation is 1. The van der Waals surface area contributed by atoms with Crippen molar-refractivity contribution >= 4 is 34.2 Å². The lowest BCUT2D eigenvalue weighted by molar-refractivity contribution is 0.0681. The van der Waals surface area contributed by atoms with Crippen molar-refractivity contribution in [2.75, 3.05) is 26.9 Å². The Morgan fingerprint density at radius 3 is 2.85 bits per heavy atom. The number of hydrogen-bond donors (Lipinski definition) is 0. The summed E-state index contributed by atoms with van der Waals surface area (Å²) in [5.41, 5.74) is 1.83. The predicted molar refractivity (Wildman–Crippen MR) is 81.6 cm³/mol. The Kier molecular flexibility index (Phi) is 6.10. The number of halogens is 2. The topological polar surface area (TPSA) is 36.3 Å². The molecule has 6 heteroatoms. The average molecular weight is 317 g/mol. The minimum atomic E-state index is 0.371. The maximum absolute atomic E-state index is 6.26. The van der Waals surface area contributed by atoms with E-state index in [4.69, 9.17) is 32.7 Å². The van der Waals surface area contributed by atoms with E-state index in [0.717, 1.165) is 29.8 Å². The van der Waals surface area contributed by atoms with Gasteiger partial charge in [0.15, 0.2) is 0 Å². The molecule has 1 aromatic carbocycles. The molecular formula is C14H18Cl2N2O2. The molecular weight excluding hydrogens is 299 g/mol. The maximum atomic E-state index is 6.26. The number of nitrogens with zero attached hydrogens (tertiary/aromatic N) is 2. The third kappa shape index (κ3) is 3.64. The molecule has 0 fully saturated rings. The fraction of sp³-hybridized carbons (Fsp3) is 0.500.